The smallest absolute Gasteiger partial charge is 0.279 e. The molecular weight excluding hydrogens is 300 g/mol. The molecule has 1 aliphatic rings. The van der Waals surface area contributed by atoms with E-state index in [-0.39, 0.29) is 12.6 Å². The largest absolute Gasteiger partial charge is 0.307 e. The van der Waals surface area contributed by atoms with Crippen molar-refractivity contribution in [2.75, 3.05) is 7.05 Å². The summed E-state index contributed by atoms with van der Waals surface area (Å²) in [6.45, 7) is 4.17. The van der Waals surface area contributed by atoms with Gasteiger partial charge in [0.25, 0.3) is 10.2 Å². The standard InChI is InChI=1S/C15H22N4O2S/c1-11-6-7-19-10-14(17-15(19)8-11)9-16-22(20,21)18(3)12(2)13-4-5-13/h6-8,10,12-13,16H,4-5,9H2,1-3H3. The fourth-order valence-corrected chi connectivity index (χ4v) is 3.73. The second-order valence-corrected chi connectivity index (χ2v) is 7.94. The molecule has 2 aromatic heterocycles. The lowest BCUT2D eigenvalue weighted by Crippen LogP contribution is -2.43. The van der Waals surface area contributed by atoms with Crippen LogP contribution in [0.3, 0.4) is 0 Å². The maximum absolute atomic E-state index is 12.3. The molecule has 3 rings (SSSR count). The predicted octanol–water partition coefficient (Wildman–Crippen LogP) is 1.71. The van der Waals surface area contributed by atoms with Gasteiger partial charge in [-0.05, 0) is 50.3 Å². The van der Waals surface area contributed by atoms with Crippen molar-refractivity contribution in [1.82, 2.24) is 18.4 Å². The van der Waals surface area contributed by atoms with Gasteiger partial charge in [-0.15, -0.1) is 0 Å². The van der Waals surface area contributed by atoms with Crippen molar-refractivity contribution in [1.29, 1.82) is 0 Å². The van der Waals surface area contributed by atoms with Gasteiger partial charge in [0.05, 0.1) is 12.2 Å². The summed E-state index contributed by atoms with van der Waals surface area (Å²) in [4.78, 5) is 4.45. The molecule has 0 aromatic carbocycles. The van der Waals surface area contributed by atoms with Gasteiger partial charge in [0.1, 0.15) is 5.65 Å². The van der Waals surface area contributed by atoms with Crippen molar-refractivity contribution in [3.05, 3.63) is 35.8 Å². The second-order valence-electron chi connectivity index (χ2n) is 6.12. The minimum atomic E-state index is -3.47. The number of pyridine rings is 1. The lowest BCUT2D eigenvalue weighted by Gasteiger charge is -2.24. The van der Waals surface area contributed by atoms with E-state index in [1.807, 2.05) is 42.8 Å². The number of hydrogen-bond donors (Lipinski definition) is 1. The first-order valence-corrected chi connectivity index (χ1v) is 8.98. The van der Waals surface area contributed by atoms with Crippen molar-refractivity contribution in [3.63, 3.8) is 0 Å². The Labute approximate surface area is 131 Å². The van der Waals surface area contributed by atoms with E-state index in [0.29, 0.717) is 11.6 Å². The maximum Gasteiger partial charge on any atom is 0.279 e. The van der Waals surface area contributed by atoms with E-state index < -0.39 is 10.2 Å². The molecule has 1 atom stereocenters. The van der Waals surface area contributed by atoms with E-state index in [9.17, 15) is 8.42 Å². The molecule has 6 nitrogen and oxygen atoms in total. The molecule has 0 bridgehead atoms. The Hall–Kier alpha value is -1.44. The molecule has 2 aromatic rings. The predicted molar refractivity (Wildman–Crippen MR) is 85.6 cm³/mol. The third-order valence-corrected chi connectivity index (χ3v) is 5.96. The number of fused-ring (bicyclic) bond motifs is 1. The summed E-state index contributed by atoms with van der Waals surface area (Å²) in [5.41, 5.74) is 2.67. The molecule has 7 heteroatoms. The highest BCUT2D eigenvalue weighted by molar-refractivity contribution is 7.87. The minimum absolute atomic E-state index is 0.0428. The van der Waals surface area contributed by atoms with Crippen LogP contribution in [-0.2, 0) is 16.8 Å². The number of hydrogen-bond acceptors (Lipinski definition) is 3. The average molecular weight is 322 g/mol. The molecule has 22 heavy (non-hydrogen) atoms. The van der Waals surface area contributed by atoms with E-state index >= 15 is 0 Å². The lowest BCUT2D eigenvalue weighted by molar-refractivity contribution is 0.351. The molecule has 1 aliphatic carbocycles. The maximum atomic E-state index is 12.3. The van der Waals surface area contributed by atoms with Crippen LogP contribution in [0.1, 0.15) is 31.0 Å². The van der Waals surface area contributed by atoms with Crippen molar-refractivity contribution in [2.24, 2.45) is 5.92 Å². The van der Waals surface area contributed by atoms with Crippen molar-refractivity contribution >= 4 is 15.9 Å². The number of aryl methyl sites for hydroxylation is 1. The lowest BCUT2D eigenvalue weighted by atomic mass is 10.2. The van der Waals surface area contributed by atoms with E-state index in [1.165, 1.54) is 4.31 Å². The molecule has 0 spiro atoms. The summed E-state index contributed by atoms with van der Waals surface area (Å²) >= 11 is 0. The fourth-order valence-electron chi connectivity index (χ4n) is 2.58. The number of aromatic nitrogens is 2. The molecule has 0 radical (unpaired) electrons. The molecule has 1 N–H and O–H groups in total. The molecule has 1 fully saturated rings. The van der Waals surface area contributed by atoms with Crippen LogP contribution in [0.4, 0.5) is 0 Å². The van der Waals surface area contributed by atoms with Gasteiger partial charge in [0.2, 0.25) is 0 Å². The summed E-state index contributed by atoms with van der Waals surface area (Å²) in [6.07, 6.45) is 6.01. The summed E-state index contributed by atoms with van der Waals surface area (Å²) in [5.74, 6) is 0.500. The number of rotatable bonds is 6. The van der Waals surface area contributed by atoms with E-state index in [1.54, 1.807) is 7.05 Å². The normalized spacial score (nSPS) is 17.3. The van der Waals surface area contributed by atoms with Gasteiger partial charge in [-0.1, -0.05) is 0 Å². The topological polar surface area (TPSA) is 66.7 Å². The van der Waals surface area contributed by atoms with E-state index in [0.717, 1.165) is 24.1 Å². The summed E-state index contributed by atoms with van der Waals surface area (Å²) < 4.78 is 30.6. The SMILES string of the molecule is Cc1ccn2cc(CNS(=O)(=O)N(C)C(C)C3CC3)nc2c1. The highest BCUT2D eigenvalue weighted by Gasteiger charge is 2.35. The van der Waals surface area contributed by atoms with Crippen LogP contribution in [0, 0.1) is 12.8 Å². The van der Waals surface area contributed by atoms with Gasteiger partial charge < -0.3 is 4.40 Å². The summed E-state index contributed by atoms with van der Waals surface area (Å²) in [6, 6.07) is 4.01. The monoisotopic (exact) mass is 322 g/mol. The Morgan fingerprint density at radius 2 is 2.23 bits per heavy atom. The van der Waals surface area contributed by atoms with Gasteiger partial charge in [0, 0.05) is 25.5 Å². The van der Waals surface area contributed by atoms with Gasteiger partial charge >= 0.3 is 0 Å². The highest BCUT2D eigenvalue weighted by atomic mass is 32.2. The Bertz CT molecular complexity index is 780. The Morgan fingerprint density at radius 3 is 2.91 bits per heavy atom. The van der Waals surface area contributed by atoms with E-state index in [2.05, 4.69) is 9.71 Å². The van der Waals surface area contributed by atoms with Crippen LogP contribution in [-0.4, -0.2) is 35.2 Å². The quantitative estimate of drug-likeness (QED) is 0.880. The summed E-state index contributed by atoms with van der Waals surface area (Å²) in [5, 5.41) is 0. The second kappa shape index (κ2) is 5.64. The fraction of sp³-hybridized carbons (Fsp3) is 0.533. The number of imidazole rings is 1. The Morgan fingerprint density at radius 1 is 1.50 bits per heavy atom. The zero-order valence-corrected chi connectivity index (χ0v) is 14.0. The van der Waals surface area contributed by atoms with Gasteiger partial charge in [-0.2, -0.15) is 17.4 Å². The van der Waals surface area contributed by atoms with Crippen LogP contribution >= 0.6 is 0 Å². The highest BCUT2D eigenvalue weighted by Crippen LogP contribution is 2.35. The Balaban J connectivity index is 1.69. The van der Waals surface area contributed by atoms with Crippen LogP contribution in [0.25, 0.3) is 5.65 Å². The third kappa shape index (κ3) is 3.16. The Kier molecular flexibility index (Phi) is 3.96. The van der Waals surface area contributed by atoms with Crippen LogP contribution in [0.2, 0.25) is 0 Å². The molecule has 1 saturated carbocycles. The zero-order chi connectivity index (χ0) is 15.9. The molecular formula is C15H22N4O2S. The zero-order valence-electron chi connectivity index (χ0n) is 13.2. The van der Waals surface area contributed by atoms with E-state index in [4.69, 9.17) is 0 Å². The van der Waals surface area contributed by atoms with Crippen molar-refractivity contribution < 1.29 is 8.42 Å². The molecule has 0 aliphatic heterocycles. The molecule has 120 valence electrons. The minimum Gasteiger partial charge on any atom is -0.307 e. The third-order valence-electron chi connectivity index (χ3n) is 4.36. The first-order valence-electron chi connectivity index (χ1n) is 7.53. The van der Waals surface area contributed by atoms with Crippen molar-refractivity contribution in [2.45, 2.75) is 39.3 Å². The van der Waals surface area contributed by atoms with Crippen molar-refractivity contribution in [3.8, 4) is 0 Å². The molecule has 0 saturated heterocycles. The van der Waals surface area contributed by atoms with Gasteiger partial charge in [0.15, 0.2) is 0 Å². The van der Waals surface area contributed by atoms with Gasteiger partial charge in [-0.25, -0.2) is 4.98 Å². The molecule has 0 amide bonds. The first-order chi connectivity index (χ1) is 10.4. The van der Waals surface area contributed by atoms with Gasteiger partial charge in [-0.3, -0.25) is 0 Å². The summed E-state index contributed by atoms with van der Waals surface area (Å²) in [7, 11) is -1.84. The van der Waals surface area contributed by atoms with Crippen LogP contribution in [0.5, 0.6) is 0 Å². The molecule has 2 heterocycles. The molecule has 1 unspecified atom stereocenters. The average Bonchev–Trinajstić information content (AvgIpc) is 3.24. The first kappa shape index (κ1) is 15.5. The number of nitrogens with one attached hydrogen (secondary N) is 1. The van der Waals surface area contributed by atoms with Crippen LogP contribution in [0.15, 0.2) is 24.5 Å². The number of nitrogens with zero attached hydrogens (tertiary/aromatic N) is 3. The van der Waals surface area contributed by atoms with Crippen LogP contribution < -0.4 is 4.72 Å².